The number of halogens is 1. The summed E-state index contributed by atoms with van der Waals surface area (Å²) in [6.07, 6.45) is 12.5. The van der Waals surface area contributed by atoms with E-state index >= 15 is 0 Å². The Labute approximate surface area is 99.8 Å². The lowest BCUT2D eigenvalue weighted by Crippen LogP contribution is -2.28. The Hall–Kier alpha value is 0.290. The zero-order valence-electron chi connectivity index (χ0n) is 9.97. The molecule has 0 spiro atoms. The summed E-state index contributed by atoms with van der Waals surface area (Å²) in [4.78, 5) is 0. The molecule has 1 atom stereocenters. The first-order valence-corrected chi connectivity index (χ1v) is 7.24. The van der Waals surface area contributed by atoms with Crippen molar-refractivity contribution in [1.82, 2.24) is 0 Å². The van der Waals surface area contributed by atoms with Gasteiger partial charge in [-0.2, -0.15) is 0 Å². The average Bonchev–Trinajstić information content (AvgIpc) is 2.30. The third-order valence-electron chi connectivity index (χ3n) is 4.52. The van der Waals surface area contributed by atoms with Gasteiger partial charge in [-0.15, -0.1) is 11.6 Å². The van der Waals surface area contributed by atoms with Crippen molar-refractivity contribution >= 4 is 11.6 Å². The van der Waals surface area contributed by atoms with Crippen molar-refractivity contribution in [2.75, 3.05) is 0 Å². The highest BCUT2D eigenvalue weighted by Gasteiger charge is 2.33. The third kappa shape index (κ3) is 2.90. The van der Waals surface area contributed by atoms with Crippen LogP contribution in [0.15, 0.2) is 0 Å². The van der Waals surface area contributed by atoms with Crippen molar-refractivity contribution < 1.29 is 0 Å². The van der Waals surface area contributed by atoms with Gasteiger partial charge in [0.15, 0.2) is 0 Å². The van der Waals surface area contributed by atoms with E-state index in [9.17, 15) is 0 Å². The van der Waals surface area contributed by atoms with Crippen LogP contribution in [0.1, 0.15) is 64.7 Å². The van der Waals surface area contributed by atoms with E-state index in [1.807, 2.05) is 0 Å². The molecule has 2 rings (SSSR count). The Morgan fingerprint density at radius 2 is 1.80 bits per heavy atom. The quantitative estimate of drug-likeness (QED) is 0.585. The van der Waals surface area contributed by atoms with Gasteiger partial charge in [0, 0.05) is 5.38 Å². The standard InChI is InChI=1S/C14H24Cl/c1-2-11-7-9-12(10-8-11)13-5-3-4-6-14(13)15/h11-12,14H,2-10H2,1H3. The van der Waals surface area contributed by atoms with Gasteiger partial charge in [-0.05, 0) is 43.4 Å². The van der Waals surface area contributed by atoms with Crippen LogP contribution >= 0.6 is 11.6 Å². The van der Waals surface area contributed by atoms with Crippen molar-refractivity contribution in [1.29, 1.82) is 0 Å². The molecule has 1 radical (unpaired) electrons. The van der Waals surface area contributed by atoms with Crippen molar-refractivity contribution in [3.05, 3.63) is 5.92 Å². The fourth-order valence-electron chi connectivity index (χ4n) is 3.40. The second-order valence-electron chi connectivity index (χ2n) is 5.41. The van der Waals surface area contributed by atoms with Crippen LogP contribution in [-0.4, -0.2) is 5.38 Å². The van der Waals surface area contributed by atoms with Crippen molar-refractivity contribution in [3.8, 4) is 0 Å². The number of hydrogen-bond donors (Lipinski definition) is 0. The molecule has 15 heavy (non-hydrogen) atoms. The van der Waals surface area contributed by atoms with Crippen LogP contribution in [0.25, 0.3) is 0 Å². The summed E-state index contributed by atoms with van der Waals surface area (Å²) >= 11 is 6.45. The van der Waals surface area contributed by atoms with Crippen LogP contribution in [0.2, 0.25) is 0 Å². The Bertz CT molecular complexity index is 182. The smallest absolute Gasteiger partial charge is 0.0400 e. The van der Waals surface area contributed by atoms with E-state index in [1.54, 1.807) is 5.92 Å². The second-order valence-corrected chi connectivity index (χ2v) is 5.94. The van der Waals surface area contributed by atoms with Gasteiger partial charge in [-0.25, -0.2) is 0 Å². The molecule has 0 amide bonds. The summed E-state index contributed by atoms with van der Waals surface area (Å²) in [6, 6.07) is 0. The van der Waals surface area contributed by atoms with Gasteiger partial charge in [0.25, 0.3) is 0 Å². The number of hydrogen-bond acceptors (Lipinski definition) is 0. The Balaban J connectivity index is 1.83. The lowest BCUT2D eigenvalue weighted by molar-refractivity contribution is 0.257. The molecular weight excluding hydrogens is 204 g/mol. The highest BCUT2D eigenvalue weighted by molar-refractivity contribution is 6.22. The molecule has 0 aromatic carbocycles. The molecule has 1 heteroatoms. The summed E-state index contributed by atoms with van der Waals surface area (Å²) in [5, 5.41) is 0.418. The third-order valence-corrected chi connectivity index (χ3v) is 5.02. The van der Waals surface area contributed by atoms with Crippen LogP contribution in [0, 0.1) is 17.8 Å². The minimum Gasteiger partial charge on any atom is -0.122 e. The Morgan fingerprint density at radius 3 is 2.40 bits per heavy atom. The zero-order chi connectivity index (χ0) is 10.7. The maximum absolute atomic E-state index is 6.45. The molecule has 2 fully saturated rings. The van der Waals surface area contributed by atoms with Crippen molar-refractivity contribution in [2.45, 2.75) is 70.1 Å². The van der Waals surface area contributed by atoms with Gasteiger partial charge in [0.2, 0.25) is 0 Å². The minimum absolute atomic E-state index is 0.418. The van der Waals surface area contributed by atoms with E-state index in [4.69, 9.17) is 11.6 Å². The summed E-state index contributed by atoms with van der Waals surface area (Å²) in [7, 11) is 0. The lowest BCUT2D eigenvalue weighted by atomic mass is 9.70. The fraction of sp³-hybridized carbons (Fsp3) is 0.929. The molecule has 0 N–H and O–H groups in total. The van der Waals surface area contributed by atoms with E-state index in [0.717, 1.165) is 11.8 Å². The Kier molecular flexibility index (Phi) is 4.37. The van der Waals surface area contributed by atoms with Crippen LogP contribution in [0.4, 0.5) is 0 Å². The topological polar surface area (TPSA) is 0 Å². The van der Waals surface area contributed by atoms with Crippen LogP contribution in [0.5, 0.6) is 0 Å². The SMILES string of the molecule is CCC1CCC([C]2CCCCC2Cl)CC1. The maximum atomic E-state index is 6.45. The molecule has 2 saturated carbocycles. The summed E-state index contributed by atoms with van der Waals surface area (Å²) in [6.45, 7) is 2.34. The monoisotopic (exact) mass is 227 g/mol. The molecule has 0 nitrogen and oxygen atoms in total. The lowest BCUT2D eigenvalue weighted by Gasteiger charge is -2.37. The summed E-state index contributed by atoms with van der Waals surface area (Å²) < 4.78 is 0. The fourth-order valence-corrected chi connectivity index (χ4v) is 3.84. The highest BCUT2D eigenvalue weighted by atomic mass is 35.5. The van der Waals surface area contributed by atoms with Gasteiger partial charge in [0.1, 0.15) is 0 Å². The van der Waals surface area contributed by atoms with Crippen LogP contribution in [0.3, 0.4) is 0 Å². The molecule has 0 aromatic heterocycles. The highest BCUT2D eigenvalue weighted by Crippen LogP contribution is 2.43. The van der Waals surface area contributed by atoms with Gasteiger partial charge in [0.05, 0.1) is 0 Å². The first kappa shape index (κ1) is 11.8. The largest absolute Gasteiger partial charge is 0.122 e. The van der Waals surface area contributed by atoms with Gasteiger partial charge in [-0.1, -0.05) is 39.0 Å². The molecular formula is C14H24Cl. The predicted octanol–water partition coefficient (Wildman–Crippen LogP) is 4.96. The van der Waals surface area contributed by atoms with E-state index in [0.29, 0.717) is 5.38 Å². The molecule has 0 heterocycles. The van der Waals surface area contributed by atoms with Crippen LogP contribution in [-0.2, 0) is 0 Å². The van der Waals surface area contributed by atoms with E-state index in [-0.39, 0.29) is 0 Å². The number of alkyl halides is 1. The van der Waals surface area contributed by atoms with Gasteiger partial charge in [-0.3, -0.25) is 0 Å². The molecule has 0 aromatic rings. The van der Waals surface area contributed by atoms with Gasteiger partial charge < -0.3 is 0 Å². The minimum atomic E-state index is 0.418. The van der Waals surface area contributed by atoms with Crippen molar-refractivity contribution in [3.63, 3.8) is 0 Å². The molecule has 0 bridgehead atoms. The first-order chi connectivity index (χ1) is 7.31. The molecule has 0 aliphatic heterocycles. The summed E-state index contributed by atoms with van der Waals surface area (Å²) in [5.74, 6) is 3.62. The summed E-state index contributed by atoms with van der Waals surface area (Å²) in [5.41, 5.74) is 0. The Morgan fingerprint density at radius 1 is 1.07 bits per heavy atom. The van der Waals surface area contributed by atoms with Crippen molar-refractivity contribution in [2.24, 2.45) is 11.8 Å². The van der Waals surface area contributed by atoms with E-state index < -0.39 is 0 Å². The second kappa shape index (κ2) is 5.57. The number of rotatable bonds is 2. The van der Waals surface area contributed by atoms with E-state index in [1.165, 1.54) is 57.8 Å². The van der Waals surface area contributed by atoms with Crippen LogP contribution < -0.4 is 0 Å². The van der Waals surface area contributed by atoms with Gasteiger partial charge >= 0.3 is 0 Å². The first-order valence-electron chi connectivity index (χ1n) is 6.81. The predicted molar refractivity (Wildman–Crippen MR) is 67.1 cm³/mol. The molecule has 1 unspecified atom stereocenters. The maximum Gasteiger partial charge on any atom is 0.0400 e. The molecule has 0 saturated heterocycles. The molecule has 87 valence electrons. The molecule has 2 aliphatic rings. The average molecular weight is 228 g/mol. The normalized spacial score (nSPS) is 39.2. The molecule has 2 aliphatic carbocycles. The zero-order valence-corrected chi connectivity index (χ0v) is 10.7. The van der Waals surface area contributed by atoms with E-state index in [2.05, 4.69) is 6.92 Å².